The molecule has 1 aliphatic rings. The first-order valence-electron chi connectivity index (χ1n) is 9.70. The molecule has 0 bridgehead atoms. The molecule has 0 saturated heterocycles. The number of hydrogen-bond donors (Lipinski definition) is 3. The SMILES string of the molecule is C[C@@H](Nc1nc2c(s1)N(C)C(c1ccccc1)NC2=O)C(=O)NCc1ccccc1. The lowest BCUT2D eigenvalue weighted by molar-refractivity contribution is -0.121. The first kappa shape index (κ1) is 19.9. The summed E-state index contributed by atoms with van der Waals surface area (Å²) in [6, 6.07) is 19.0. The summed E-state index contributed by atoms with van der Waals surface area (Å²) in [5.41, 5.74) is 2.40. The van der Waals surface area contributed by atoms with Crippen molar-refractivity contribution < 1.29 is 9.59 Å². The van der Waals surface area contributed by atoms with Crippen molar-refractivity contribution in [2.75, 3.05) is 17.3 Å². The minimum absolute atomic E-state index is 0.132. The van der Waals surface area contributed by atoms with Crippen LogP contribution in [0.5, 0.6) is 0 Å². The highest BCUT2D eigenvalue weighted by Gasteiger charge is 2.33. The molecule has 2 amide bonds. The lowest BCUT2D eigenvalue weighted by Gasteiger charge is -2.33. The topological polar surface area (TPSA) is 86.4 Å². The molecule has 2 atom stereocenters. The Morgan fingerprint density at radius 1 is 1.17 bits per heavy atom. The molecular formula is C22H23N5O2S. The van der Waals surface area contributed by atoms with Crippen LogP contribution in [0.25, 0.3) is 0 Å². The van der Waals surface area contributed by atoms with E-state index in [1.807, 2.05) is 72.6 Å². The van der Waals surface area contributed by atoms with Crippen molar-refractivity contribution in [3.8, 4) is 0 Å². The van der Waals surface area contributed by atoms with E-state index in [-0.39, 0.29) is 18.0 Å². The summed E-state index contributed by atoms with van der Waals surface area (Å²) in [5.74, 6) is -0.352. The zero-order valence-electron chi connectivity index (χ0n) is 16.8. The van der Waals surface area contributed by atoms with Gasteiger partial charge in [0.25, 0.3) is 5.91 Å². The highest BCUT2D eigenvalue weighted by Crippen LogP contribution is 2.38. The molecule has 0 aliphatic carbocycles. The molecule has 30 heavy (non-hydrogen) atoms. The van der Waals surface area contributed by atoms with Gasteiger partial charge in [0.2, 0.25) is 5.91 Å². The molecule has 2 heterocycles. The van der Waals surface area contributed by atoms with Gasteiger partial charge in [-0.2, -0.15) is 0 Å². The molecule has 2 aromatic carbocycles. The second-order valence-corrected chi connectivity index (χ2v) is 8.12. The van der Waals surface area contributed by atoms with E-state index in [1.54, 1.807) is 6.92 Å². The number of aromatic nitrogens is 1. The van der Waals surface area contributed by atoms with Gasteiger partial charge in [-0.05, 0) is 18.1 Å². The predicted molar refractivity (Wildman–Crippen MR) is 119 cm³/mol. The van der Waals surface area contributed by atoms with Gasteiger partial charge in [0.1, 0.15) is 17.2 Å². The number of hydrogen-bond acceptors (Lipinski definition) is 6. The largest absolute Gasteiger partial charge is 0.350 e. The van der Waals surface area contributed by atoms with Crippen molar-refractivity contribution in [1.82, 2.24) is 15.6 Å². The van der Waals surface area contributed by atoms with Crippen LogP contribution in [0.4, 0.5) is 10.1 Å². The van der Waals surface area contributed by atoms with Crippen LogP contribution in [0.3, 0.4) is 0 Å². The van der Waals surface area contributed by atoms with E-state index in [4.69, 9.17) is 0 Å². The molecule has 8 heteroatoms. The molecule has 4 rings (SSSR count). The molecular weight excluding hydrogens is 398 g/mol. The summed E-state index contributed by atoms with van der Waals surface area (Å²) in [5, 5.41) is 10.3. The summed E-state index contributed by atoms with van der Waals surface area (Å²) in [7, 11) is 1.92. The van der Waals surface area contributed by atoms with Gasteiger partial charge in [-0.25, -0.2) is 4.98 Å². The summed E-state index contributed by atoms with van der Waals surface area (Å²) in [4.78, 5) is 31.5. The number of nitrogens with zero attached hydrogens (tertiary/aromatic N) is 2. The van der Waals surface area contributed by atoms with Crippen LogP contribution in [-0.4, -0.2) is 29.9 Å². The molecule has 3 aromatic rings. The second-order valence-electron chi connectivity index (χ2n) is 7.14. The number of benzene rings is 2. The fraction of sp³-hybridized carbons (Fsp3) is 0.227. The first-order chi connectivity index (χ1) is 14.5. The number of fused-ring (bicyclic) bond motifs is 1. The second kappa shape index (κ2) is 8.54. The fourth-order valence-electron chi connectivity index (χ4n) is 3.30. The van der Waals surface area contributed by atoms with Gasteiger partial charge in [0, 0.05) is 13.6 Å². The molecule has 1 aromatic heterocycles. The van der Waals surface area contributed by atoms with Crippen molar-refractivity contribution in [1.29, 1.82) is 0 Å². The molecule has 0 fully saturated rings. The first-order valence-corrected chi connectivity index (χ1v) is 10.5. The van der Waals surface area contributed by atoms with Gasteiger partial charge in [0.05, 0.1) is 0 Å². The van der Waals surface area contributed by atoms with Gasteiger partial charge >= 0.3 is 0 Å². The number of nitrogens with one attached hydrogen (secondary N) is 3. The number of amides is 2. The normalized spacial score (nSPS) is 16.4. The maximum atomic E-state index is 12.6. The zero-order chi connectivity index (χ0) is 21.1. The molecule has 154 valence electrons. The van der Waals surface area contributed by atoms with Crippen LogP contribution < -0.4 is 20.9 Å². The smallest absolute Gasteiger partial charge is 0.274 e. The zero-order valence-corrected chi connectivity index (χ0v) is 17.6. The summed E-state index contributed by atoms with van der Waals surface area (Å²) >= 11 is 1.37. The van der Waals surface area contributed by atoms with E-state index < -0.39 is 6.04 Å². The van der Waals surface area contributed by atoms with Crippen molar-refractivity contribution in [3.05, 3.63) is 77.5 Å². The third-order valence-electron chi connectivity index (χ3n) is 4.96. The molecule has 3 N–H and O–H groups in total. The average molecular weight is 422 g/mol. The van der Waals surface area contributed by atoms with E-state index in [1.165, 1.54) is 11.3 Å². The van der Waals surface area contributed by atoms with Gasteiger partial charge < -0.3 is 20.9 Å². The quantitative estimate of drug-likeness (QED) is 0.569. The third kappa shape index (κ3) is 4.13. The summed E-state index contributed by atoms with van der Waals surface area (Å²) < 4.78 is 0. The highest BCUT2D eigenvalue weighted by molar-refractivity contribution is 7.20. The van der Waals surface area contributed by atoms with Gasteiger partial charge in [0.15, 0.2) is 10.8 Å². The molecule has 0 spiro atoms. The lowest BCUT2D eigenvalue weighted by Crippen LogP contribution is -2.44. The number of anilines is 2. The number of carbonyl (C=O) groups excluding carboxylic acids is 2. The maximum absolute atomic E-state index is 12.6. The highest BCUT2D eigenvalue weighted by atomic mass is 32.1. The van der Waals surface area contributed by atoms with E-state index in [9.17, 15) is 9.59 Å². The van der Waals surface area contributed by atoms with Crippen LogP contribution in [0.2, 0.25) is 0 Å². The Kier molecular flexibility index (Phi) is 5.67. The maximum Gasteiger partial charge on any atom is 0.274 e. The Morgan fingerprint density at radius 3 is 2.53 bits per heavy atom. The van der Waals surface area contributed by atoms with Gasteiger partial charge in [-0.1, -0.05) is 72.0 Å². The molecule has 7 nitrogen and oxygen atoms in total. The van der Waals surface area contributed by atoms with Crippen LogP contribution in [0.15, 0.2) is 60.7 Å². The Hall–Kier alpha value is -3.39. The summed E-state index contributed by atoms with van der Waals surface area (Å²) in [6.07, 6.45) is -0.258. The van der Waals surface area contributed by atoms with Gasteiger partial charge in [-0.3, -0.25) is 9.59 Å². The summed E-state index contributed by atoms with van der Waals surface area (Å²) in [6.45, 7) is 2.24. The van der Waals surface area contributed by atoms with Gasteiger partial charge in [-0.15, -0.1) is 0 Å². The molecule has 1 unspecified atom stereocenters. The average Bonchev–Trinajstić information content (AvgIpc) is 3.20. The van der Waals surface area contributed by atoms with Crippen molar-refractivity contribution in [3.63, 3.8) is 0 Å². The van der Waals surface area contributed by atoms with Crippen molar-refractivity contribution >= 4 is 33.3 Å². The minimum Gasteiger partial charge on any atom is -0.350 e. The number of carbonyl (C=O) groups is 2. The van der Waals surface area contributed by atoms with Crippen LogP contribution in [0, 0.1) is 0 Å². The standard InChI is InChI=1S/C22H23N5O2S/c1-14(19(28)23-13-15-9-5-3-6-10-15)24-22-25-17-20(29)26-18(27(2)21(17)30-22)16-11-7-4-8-12-16/h3-12,14,18H,13H2,1-2H3,(H,23,28)(H,24,25)(H,26,29)/t14-,18?/m1/s1. The predicted octanol–water partition coefficient (Wildman–Crippen LogP) is 3.14. The van der Waals surface area contributed by atoms with E-state index in [0.29, 0.717) is 17.4 Å². The Morgan fingerprint density at radius 2 is 1.83 bits per heavy atom. The van der Waals surface area contributed by atoms with E-state index in [0.717, 1.165) is 16.1 Å². The van der Waals surface area contributed by atoms with Crippen LogP contribution in [0.1, 0.15) is 34.7 Å². The van der Waals surface area contributed by atoms with Crippen molar-refractivity contribution in [2.24, 2.45) is 0 Å². The minimum atomic E-state index is -0.486. The van der Waals surface area contributed by atoms with E-state index >= 15 is 0 Å². The van der Waals surface area contributed by atoms with Crippen molar-refractivity contribution in [2.45, 2.75) is 25.7 Å². The number of thiazole rings is 1. The fourth-order valence-corrected chi connectivity index (χ4v) is 4.34. The van der Waals surface area contributed by atoms with Crippen LogP contribution >= 0.6 is 11.3 Å². The monoisotopic (exact) mass is 421 g/mol. The Balaban J connectivity index is 1.44. The molecule has 0 radical (unpaired) electrons. The Labute approximate surface area is 179 Å². The third-order valence-corrected chi connectivity index (χ3v) is 6.04. The molecule has 0 saturated carbocycles. The Bertz CT molecular complexity index is 1040. The lowest BCUT2D eigenvalue weighted by atomic mass is 10.1. The van der Waals surface area contributed by atoms with E-state index in [2.05, 4.69) is 20.9 Å². The number of rotatable bonds is 6. The van der Waals surface area contributed by atoms with Crippen LogP contribution in [-0.2, 0) is 11.3 Å². The molecule has 1 aliphatic heterocycles.